The van der Waals surface area contributed by atoms with Gasteiger partial charge < -0.3 is 10.1 Å². The first kappa shape index (κ1) is 18.6. The first-order valence-electron chi connectivity index (χ1n) is 9.22. The highest BCUT2D eigenvalue weighted by molar-refractivity contribution is 8.14. The fourth-order valence-electron chi connectivity index (χ4n) is 3.25. The van der Waals surface area contributed by atoms with E-state index in [4.69, 9.17) is 9.73 Å². The molecule has 0 aliphatic carbocycles. The van der Waals surface area contributed by atoms with Crippen LogP contribution in [0.2, 0.25) is 0 Å². The topological polar surface area (TPSA) is 66.3 Å². The van der Waals surface area contributed by atoms with E-state index in [2.05, 4.69) is 16.5 Å². The number of methoxy groups -OCH3 is 1. The average molecular weight is 395 g/mol. The Balaban J connectivity index is 1.41. The highest BCUT2D eigenvalue weighted by Crippen LogP contribution is 2.41. The van der Waals surface area contributed by atoms with Crippen LogP contribution >= 0.6 is 11.8 Å². The van der Waals surface area contributed by atoms with Crippen LogP contribution in [0.5, 0.6) is 5.75 Å². The van der Waals surface area contributed by atoms with Crippen LogP contribution in [0.15, 0.2) is 58.6 Å². The van der Waals surface area contributed by atoms with Gasteiger partial charge in [0.2, 0.25) is 5.91 Å². The third kappa shape index (κ3) is 3.75. The van der Waals surface area contributed by atoms with E-state index in [0.29, 0.717) is 6.54 Å². The molecule has 0 saturated carbocycles. The minimum Gasteiger partial charge on any atom is -0.497 e. The minimum atomic E-state index is -0.279. The lowest BCUT2D eigenvalue weighted by molar-refractivity contribution is -0.120. The summed E-state index contributed by atoms with van der Waals surface area (Å²) in [5, 5.41) is 9.89. The van der Waals surface area contributed by atoms with Crippen molar-refractivity contribution >= 4 is 34.7 Å². The molecule has 7 heteroatoms. The molecule has 4 rings (SSSR count). The Hall–Kier alpha value is -2.80. The summed E-state index contributed by atoms with van der Waals surface area (Å²) in [5.41, 5.74) is 3.17. The second-order valence-electron chi connectivity index (χ2n) is 6.67. The second-order valence-corrected chi connectivity index (χ2v) is 7.98. The van der Waals surface area contributed by atoms with Crippen molar-refractivity contribution in [2.45, 2.75) is 31.2 Å². The van der Waals surface area contributed by atoms with Gasteiger partial charge in [0.15, 0.2) is 5.17 Å². The van der Waals surface area contributed by atoms with E-state index in [1.54, 1.807) is 7.11 Å². The Morgan fingerprint density at radius 2 is 2.07 bits per heavy atom. The number of fused-ring (bicyclic) bond motifs is 3. The van der Waals surface area contributed by atoms with Crippen LogP contribution in [0.1, 0.15) is 30.5 Å². The molecular weight excluding hydrogens is 372 g/mol. The number of carbonyl (C=O) groups is 1. The number of hydrogen-bond donors (Lipinski definition) is 1. The second kappa shape index (κ2) is 8.06. The number of carbonyl (C=O) groups excluding carboxylic acids is 1. The predicted octanol–water partition coefficient (Wildman–Crippen LogP) is 3.87. The van der Waals surface area contributed by atoms with Crippen LogP contribution in [0.4, 0.5) is 5.69 Å². The van der Waals surface area contributed by atoms with Crippen LogP contribution in [-0.4, -0.2) is 34.7 Å². The lowest BCUT2D eigenvalue weighted by atomic mass is 10.0. The van der Waals surface area contributed by atoms with E-state index in [9.17, 15) is 4.79 Å². The van der Waals surface area contributed by atoms with E-state index < -0.39 is 0 Å². The Labute approximate surface area is 168 Å². The van der Waals surface area contributed by atoms with Crippen LogP contribution in [0.3, 0.4) is 0 Å². The molecule has 0 saturated heterocycles. The van der Waals surface area contributed by atoms with E-state index in [-0.39, 0.29) is 17.2 Å². The number of nitrogens with zero attached hydrogens (tertiary/aromatic N) is 3. The highest BCUT2D eigenvalue weighted by Gasteiger charge is 2.34. The molecule has 0 bridgehead atoms. The summed E-state index contributed by atoms with van der Waals surface area (Å²) < 4.78 is 5.16. The van der Waals surface area contributed by atoms with E-state index in [1.807, 2.05) is 60.6 Å². The van der Waals surface area contributed by atoms with Crippen LogP contribution < -0.4 is 10.1 Å². The fourth-order valence-corrected chi connectivity index (χ4v) is 4.19. The van der Waals surface area contributed by atoms with Gasteiger partial charge in [-0.15, -0.1) is 0 Å². The molecule has 144 valence electrons. The molecular formula is C21H22N4O2S. The largest absolute Gasteiger partial charge is 0.497 e. The van der Waals surface area contributed by atoms with Gasteiger partial charge in [-0.05, 0) is 30.7 Å². The smallest absolute Gasteiger partial charge is 0.233 e. The normalized spacial score (nSPS) is 18.1. The zero-order valence-electron chi connectivity index (χ0n) is 15.8. The van der Waals surface area contributed by atoms with Crippen molar-refractivity contribution in [3.63, 3.8) is 0 Å². The lowest BCUT2D eigenvalue weighted by Crippen LogP contribution is -2.34. The number of aliphatic imine (C=N–C) groups is 1. The van der Waals surface area contributed by atoms with Gasteiger partial charge in [-0.3, -0.25) is 4.79 Å². The SMILES string of the molecule is COc1ccc(CNC(=O)[C@H](C)SC2=Nc3ccccc3[C@@H]3CC=NN23)cc1. The molecule has 0 spiro atoms. The number of hydrogen-bond acceptors (Lipinski definition) is 6. The maximum Gasteiger partial charge on any atom is 0.233 e. The summed E-state index contributed by atoms with van der Waals surface area (Å²) in [5.74, 6) is 0.775. The highest BCUT2D eigenvalue weighted by atomic mass is 32.2. The summed E-state index contributed by atoms with van der Waals surface area (Å²) in [7, 11) is 1.64. The standard InChI is InChI=1S/C21H22N4O2S/c1-14(20(26)22-13-15-7-9-16(27-2)10-8-15)28-21-24-18-6-4-3-5-17(18)19-11-12-23-25(19)21/h3-10,12,14,19H,11,13H2,1-2H3,(H,22,26)/t14-,19-/m0/s1. The molecule has 6 nitrogen and oxygen atoms in total. The molecule has 0 unspecified atom stereocenters. The number of thioether (sulfide) groups is 1. The monoisotopic (exact) mass is 394 g/mol. The van der Waals surface area contributed by atoms with Gasteiger partial charge in [-0.2, -0.15) is 5.10 Å². The molecule has 2 aromatic rings. The summed E-state index contributed by atoms with van der Waals surface area (Å²) in [6.07, 6.45) is 2.77. The summed E-state index contributed by atoms with van der Waals surface area (Å²) in [6.45, 7) is 2.37. The Bertz CT molecular complexity index is 926. The maximum absolute atomic E-state index is 12.6. The first-order valence-corrected chi connectivity index (χ1v) is 10.1. The Kier molecular flexibility index (Phi) is 5.34. The molecule has 0 radical (unpaired) electrons. The van der Waals surface area contributed by atoms with Crippen molar-refractivity contribution in [1.29, 1.82) is 0 Å². The summed E-state index contributed by atoms with van der Waals surface area (Å²) >= 11 is 1.44. The van der Waals surface area contributed by atoms with Crippen LogP contribution in [0.25, 0.3) is 0 Å². The van der Waals surface area contributed by atoms with Crippen LogP contribution in [-0.2, 0) is 11.3 Å². The number of amidine groups is 1. The Morgan fingerprint density at radius 1 is 1.29 bits per heavy atom. The minimum absolute atomic E-state index is 0.0258. The van der Waals surface area contributed by atoms with E-state index in [1.165, 1.54) is 17.3 Å². The number of ether oxygens (including phenoxy) is 1. The van der Waals surface area contributed by atoms with Gasteiger partial charge in [-0.1, -0.05) is 42.1 Å². The van der Waals surface area contributed by atoms with Crippen molar-refractivity contribution < 1.29 is 9.53 Å². The maximum atomic E-state index is 12.6. The number of benzene rings is 2. The zero-order valence-corrected chi connectivity index (χ0v) is 16.6. The van der Waals surface area contributed by atoms with E-state index >= 15 is 0 Å². The summed E-state index contributed by atoms with van der Waals surface area (Å²) in [6, 6.07) is 16.0. The van der Waals surface area contributed by atoms with Gasteiger partial charge in [-0.25, -0.2) is 10.0 Å². The first-order chi connectivity index (χ1) is 13.7. The van der Waals surface area contributed by atoms with Gasteiger partial charge >= 0.3 is 0 Å². The van der Waals surface area contributed by atoms with Crippen molar-refractivity contribution in [1.82, 2.24) is 10.3 Å². The number of rotatable bonds is 5. The third-order valence-corrected chi connectivity index (χ3v) is 5.87. The number of amides is 1. The Morgan fingerprint density at radius 3 is 2.86 bits per heavy atom. The predicted molar refractivity (Wildman–Crippen MR) is 113 cm³/mol. The van der Waals surface area contributed by atoms with Crippen molar-refractivity contribution in [2.24, 2.45) is 10.1 Å². The molecule has 0 aromatic heterocycles. The number of nitrogens with one attached hydrogen (secondary N) is 1. The molecule has 28 heavy (non-hydrogen) atoms. The van der Waals surface area contributed by atoms with Crippen molar-refractivity contribution in [3.05, 3.63) is 59.7 Å². The van der Waals surface area contributed by atoms with Gasteiger partial charge in [0.25, 0.3) is 0 Å². The molecule has 2 aromatic carbocycles. The fraction of sp³-hybridized carbons (Fsp3) is 0.286. The van der Waals surface area contributed by atoms with Crippen LogP contribution in [0, 0.1) is 0 Å². The third-order valence-electron chi connectivity index (χ3n) is 4.81. The molecule has 1 amide bonds. The zero-order chi connectivity index (χ0) is 19.5. The van der Waals surface area contributed by atoms with Crippen molar-refractivity contribution in [3.8, 4) is 5.75 Å². The van der Waals surface area contributed by atoms with E-state index in [0.717, 1.165) is 28.6 Å². The van der Waals surface area contributed by atoms with Gasteiger partial charge in [0, 0.05) is 24.7 Å². The number of para-hydroxylation sites is 1. The molecule has 1 N–H and O–H groups in total. The van der Waals surface area contributed by atoms with Crippen molar-refractivity contribution in [2.75, 3.05) is 7.11 Å². The molecule has 0 fully saturated rings. The average Bonchev–Trinajstić information content (AvgIpc) is 3.23. The van der Waals surface area contributed by atoms with Gasteiger partial charge in [0.1, 0.15) is 5.75 Å². The molecule has 2 aliphatic rings. The molecule has 2 atom stereocenters. The lowest BCUT2D eigenvalue weighted by Gasteiger charge is -2.30. The molecule has 2 heterocycles. The quantitative estimate of drug-likeness (QED) is 0.836. The summed E-state index contributed by atoms with van der Waals surface area (Å²) in [4.78, 5) is 17.3. The number of hydrazone groups is 1. The van der Waals surface area contributed by atoms with Gasteiger partial charge in [0.05, 0.1) is 24.1 Å². The molecule has 2 aliphatic heterocycles.